The second kappa shape index (κ2) is 9.56. The summed E-state index contributed by atoms with van der Waals surface area (Å²) in [6, 6.07) is -0.275. The van der Waals surface area contributed by atoms with Gasteiger partial charge in [-0.3, -0.25) is 9.59 Å². The molecule has 1 saturated carbocycles. The van der Waals surface area contributed by atoms with Gasteiger partial charge >= 0.3 is 0 Å². The van der Waals surface area contributed by atoms with Crippen LogP contribution >= 0.6 is 0 Å². The van der Waals surface area contributed by atoms with Gasteiger partial charge in [0.25, 0.3) is 0 Å². The maximum Gasteiger partial charge on any atom is 0.240 e. The maximum absolute atomic E-state index is 13.9. The van der Waals surface area contributed by atoms with Crippen molar-refractivity contribution in [1.82, 2.24) is 10.2 Å². The second-order valence-corrected chi connectivity index (χ2v) is 9.52. The first kappa shape index (κ1) is 20.1. The van der Waals surface area contributed by atoms with Gasteiger partial charge in [0.15, 0.2) is 0 Å². The van der Waals surface area contributed by atoms with Crippen molar-refractivity contribution in [2.45, 2.75) is 89.5 Å². The molecule has 2 saturated heterocycles. The number of carbonyl (C=O) groups excluding carboxylic acids is 2. The summed E-state index contributed by atoms with van der Waals surface area (Å²) in [4.78, 5) is 29.0. The summed E-state index contributed by atoms with van der Waals surface area (Å²) in [6.45, 7) is 2.54. The minimum absolute atomic E-state index is 0.0807. The summed E-state index contributed by atoms with van der Waals surface area (Å²) in [5.74, 6) is 1.04. The van der Waals surface area contributed by atoms with E-state index in [0.29, 0.717) is 11.7 Å². The smallest absolute Gasteiger partial charge is 0.240 e. The topological polar surface area (TPSA) is 49.4 Å². The molecule has 3 atom stereocenters. The predicted octanol–water partition coefficient (Wildman–Crippen LogP) is 4.24. The Bertz CT molecular complexity index is 587. The number of hydrogen-bond donors (Lipinski definition) is 1. The Kier molecular flexibility index (Phi) is 6.87. The second-order valence-electron chi connectivity index (χ2n) is 9.52. The van der Waals surface area contributed by atoms with Crippen LogP contribution in [0.3, 0.4) is 0 Å². The van der Waals surface area contributed by atoms with E-state index in [-0.39, 0.29) is 23.8 Å². The van der Waals surface area contributed by atoms with Crippen LogP contribution in [-0.2, 0) is 9.59 Å². The molecule has 156 valence electrons. The van der Waals surface area contributed by atoms with Crippen molar-refractivity contribution in [3.05, 3.63) is 11.6 Å². The standard InChI is InChI=1S/C24H38N2O2/c27-23(20-14-15-25-22(20)24(28)26-16-8-9-17-26)21(19-12-6-3-7-13-19)18-10-4-1-2-5-11-18/h10,19-22,25H,1-9,11-17H2/t20?,21?,22-/m1/s1. The van der Waals surface area contributed by atoms with Crippen molar-refractivity contribution < 1.29 is 9.59 Å². The number of allylic oxidation sites excluding steroid dienone is 2. The fraction of sp³-hybridized carbons (Fsp3) is 0.833. The number of rotatable bonds is 5. The molecule has 2 heterocycles. The van der Waals surface area contributed by atoms with Gasteiger partial charge < -0.3 is 10.2 Å². The Labute approximate surface area is 170 Å². The zero-order valence-electron chi connectivity index (χ0n) is 17.5. The van der Waals surface area contributed by atoms with E-state index in [1.54, 1.807) is 0 Å². The average Bonchev–Trinajstić information content (AvgIpc) is 3.37. The average molecular weight is 387 g/mol. The quantitative estimate of drug-likeness (QED) is 0.719. The minimum atomic E-state index is -0.275. The number of nitrogens with one attached hydrogen (secondary N) is 1. The molecule has 1 N–H and O–H groups in total. The van der Waals surface area contributed by atoms with Crippen LogP contribution in [0, 0.1) is 17.8 Å². The van der Waals surface area contributed by atoms with E-state index in [0.717, 1.165) is 51.7 Å². The summed E-state index contributed by atoms with van der Waals surface area (Å²) < 4.78 is 0. The van der Waals surface area contributed by atoms with Gasteiger partial charge in [-0.25, -0.2) is 0 Å². The van der Waals surface area contributed by atoms with Crippen molar-refractivity contribution in [1.29, 1.82) is 0 Å². The van der Waals surface area contributed by atoms with E-state index >= 15 is 0 Å². The monoisotopic (exact) mass is 386 g/mol. The highest BCUT2D eigenvalue weighted by Crippen LogP contribution is 2.40. The van der Waals surface area contributed by atoms with Crippen molar-refractivity contribution in [3.63, 3.8) is 0 Å². The summed E-state index contributed by atoms with van der Waals surface area (Å²) in [5, 5.41) is 3.41. The Hall–Kier alpha value is -1.16. The molecule has 3 fully saturated rings. The summed E-state index contributed by atoms with van der Waals surface area (Å²) in [5.41, 5.74) is 1.42. The number of likely N-dealkylation sites (tertiary alicyclic amines) is 1. The molecule has 0 spiro atoms. The first-order valence-electron chi connectivity index (χ1n) is 12.0. The third kappa shape index (κ3) is 4.37. The zero-order valence-corrected chi connectivity index (χ0v) is 17.5. The molecule has 1 amide bonds. The van der Waals surface area contributed by atoms with Gasteiger partial charge in [0.05, 0.1) is 6.04 Å². The molecule has 0 bridgehead atoms. The number of ketones is 1. The Morgan fingerprint density at radius 3 is 2.46 bits per heavy atom. The van der Waals surface area contributed by atoms with Gasteiger partial charge in [0, 0.05) is 24.9 Å². The highest BCUT2D eigenvalue weighted by atomic mass is 16.2. The fourth-order valence-electron chi connectivity index (χ4n) is 6.14. The third-order valence-corrected chi connectivity index (χ3v) is 7.67. The van der Waals surface area contributed by atoms with Crippen LogP contribution in [0.25, 0.3) is 0 Å². The van der Waals surface area contributed by atoms with Crippen LogP contribution < -0.4 is 5.32 Å². The largest absolute Gasteiger partial charge is 0.341 e. The van der Waals surface area contributed by atoms with Gasteiger partial charge in [-0.05, 0) is 70.3 Å². The van der Waals surface area contributed by atoms with Crippen molar-refractivity contribution in [2.24, 2.45) is 17.8 Å². The molecule has 0 aromatic rings. The molecule has 2 aliphatic carbocycles. The molecule has 0 aromatic heterocycles. The van der Waals surface area contributed by atoms with Crippen LogP contribution in [0.4, 0.5) is 0 Å². The number of Topliss-reactive ketones (excluding diaryl/α,β-unsaturated/α-hetero) is 1. The first-order valence-corrected chi connectivity index (χ1v) is 12.0. The van der Waals surface area contributed by atoms with E-state index in [4.69, 9.17) is 0 Å². The van der Waals surface area contributed by atoms with Crippen molar-refractivity contribution >= 4 is 11.7 Å². The molecule has 0 aromatic carbocycles. The lowest BCUT2D eigenvalue weighted by atomic mass is 9.70. The van der Waals surface area contributed by atoms with Crippen LogP contribution in [0.15, 0.2) is 11.6 Å². The third-order valence-electron chi connectivity index (χ3n) is 7.67. The summed E-state index contributed by atoms with van der Waals surface area (Å²) >= 11 is 0. The lowest BCUT2D eigenvalue weighted by Gasteiger charge is -2.34. The van der Waals surface area contributed by atoms with Crippen molar-refractivity contribution in [2.75, 3.05) is 19.6 Å². The van der Waals surface area contributed by atoms with Gasteiger partial charge in [0.1, 0.15) is 5.78 Å². The van der Waals surface area contributed by atoms with Gasteiger partial charge in [-0.1, -0.05) is 37.3 Å². The molecular formula is C24H38N2O2. The van der Waals surface area contributed by atoms with Gasteiger partial charge in [0.2, 0.25) is 5.91 Å². The Morgan fingerprint density at radius 2 is 1.68 bits per heavy atom. The molecule has 0 radical (unpaired) electrons. The highest BCUT2D eigenvalue weighted by molar-refractivity contribution is 5.94. The van der Waals surface area contributed by atoms with E-state index < -0.39 is 0 Å². The number of carbonyl (C=O) groups is 2. The van der Waals surface area contributed by atoms with E-state index in [1.807, 2.05) is 4.90 Å². The van der Waals surface area contributed by atoms with Crippen LogP contribution in [0.2, 0.25) is 0 Å². The molecular weight excluding hydrogens is 348 g/mol. The number of amides is 1. The fourth-order valence-corrected chi connectivity index (χ4v) is 6.14. The molecule has 2 aliphatic heterocycles. The lowest BCUT2D eigenvalue weighted by Crippen LogP contribution is -2.48. The van der Waals surface area contributed by atoms with E-state index in [9.17, 15) is 9.59 Å². The molecule has 28 heavy (non-hydrogen) atoms. The molecule has 4 nitrogen and oxygen atoms in total. The van der Waals surface area contributed by atoms with Crippen molar-refractivity contribution in [3.8, 4) is 0 Å². The number of hydrogen-bond acceptors (Lipinski definition) is 3. The molecule has 4 aliphatic rings. The Morgan fingerprint density at radius 1 is 0.929 bits per heavy atom. The van der Waals surface area contributed by atoms with Crippen LogP contribution in [-0.4, -0.2) is 42.3 Å². The first-order chi connectivity index (χ1) is 13.8. The van der Waals surface area contributed by atoms with E-state index in [1.165, 1.54) is 56.9 Å². The summed E-state index contributed by atoms with van der Waals surface area (Å²) in [7, 11) is 0. The van der Waals surface area contributed by atoms with Gasteiger partial charge in [-0.15, -0.1) is 0 Å². The normalized spacial score (nSPS) is 30.7. The Balaban J connectivity index is 1.54. The summed E-state index contributed by atoms with van der Waals surface area (Å²) in [6.07, 6.45) is 17.7. The van der Waals surface area contributed by atoms with E-state index in [2.05, 4.69) is 11.4 Å². The minimum Gasteiger partial charge on any atom is -0.341 e. The molecule has 2 unspecified atom stereocenters. The maximum atomic E-state index is 13.9. The molecule has 4 heteroatoms. The van der Waals surface area contributed by atoms with Crippen LogP contribution in [0.1, 0.15) is 83.5 Å². The highest BCUT2D eigenvalue weighted by Gasteiger charge is 2.44. The zero-order chi connectivity index (χ0) is 19.3. The lowest BCUT2D eigenvalue weighted by molar-refractivity contribution is -0.138. The predicted molar refractivity (Wildman–Crippen MR) is 112 cm³/mol. The number of nitrogens with zero attached hydrogens (tertiary/aromatic N) is 1. The SMILES string of the molecule is O=C(C(C1=CCCCCC1)C1CCCCC1)C1CCN[C@H]1C(=O)N1CCCC1. The molecule has 4 rings (SSSR count). The van der Waals surface area contributed by atoms with Crippen LogP contribution in [0.5, 0.6) is 0 Å². The van der Waals surface area contributed by atoms with Gasteiger partial charge in [-0.2, -0.15) is 0 Å².